The maximum atomic E-state index is 12.0. The van der Waals surface area contributed by atoms with Gasteiger partial charge in [-0.2, -0.15) is 0 Å². The summed E-state index contributed by atoms with van der Waals surface area (Å²) in [6.07, 6.45) is 0. The van der Waals surface area contributed by atoms with Crippen molar-refractivity contribution in [1.29, 1.82) is 0 Å². The Balaban J connectivity index is 0.000000505. The van der Waals surface area contributed by atoms with Crippen LogP contribution in [0.2, 0.25) is 0 Å². The number of carbonyl (C=O) groups is 1. The summed E-state index contributed by atoms with van der Waals surface area (Å²) in [4.78, 5) is 20.7. The molecule has 5 nitrogen and oxygen atoms in total. The molecular formula is C33H36N2O3. The van der Waals surface area contributed by atoms with Gasteiger partial charge >= 0.3 is 5.97 Å². The molecule has 38 heavy (non-hydrogen) atoms. The molecule has 0 amide bonds. The van der Waals surface area contributed by atoms with Crippen LogP contribution in [0.4, 0.5) is 0 Å². The summed E-state index contributed by atoms with van der Waals surface area (Å²) < 4.78 is 0. The molecule has 0 bridgehead atoms. The third kappa shape index (κ3) is 6.96. The largest absolute Gasteiger partial charge is 0.476 e. The summed E-state index contributed by atoms with van der Waals surface area (Å²) in [5.74, 6) is -1.16. The zero-order valence-corrected chi connectivity index (χ0v) is 22.3. The first-order valence-electron chi connectivity index (χ1n) is 13.0. The number of aliphatic carboxylic acids is 1. The van der Waals surface area contributed by atoms with E-state index >= 15 is 0 Å². The first kappa shape index (κ1) is 28.4. The van der Waals surface area contributed by atoms with Gasteiger partial charge in [-0.3, -0.25) is 0 Å². The van der Waals surface area contributed by atoms with E-state index in [9.17, 15) is 9.90 Å². The Hall–Kier alpha value is -4.22. The van der Waals surface area contributed by atoms with Crippen LogP contribution >= 0.6 is 0 Å². The highest BCUT2D eigenvalue weighted by molar-refractivity contribution is 6.42. The van der Waals surface area contributed by atoms with Crippen LogP contribution < -0.4 is 0 Å². The van der Waals surface area contributed by atoms with Gasteiger partial charge in [-0.05, 0) is 19.6 Å². The fraction of sp³-hybridized carbons (Fsp3) is 0.212. The van der Waals surface area contributed by atoms with E-state index in [1.807, 2.05) is 97.1 Å². The minimum atomic E-state index is -1.16. The van der Waals surface area contributed by atoms with E-state index in [0.29, 0.717) is 5.56 Å². The zero-order chi connectivity index (χ0) is 27.2. The van der Waals surface area contributed by atoms with Gasteiger partial charge in [0.1, 0.15) is 0 Å². The van der Waals surface area contributed by atoms with E-state index in [4.69, 9.17) is 4.84 Å². The lowest BCUT2D eigenvalue weighted by molar-refractivity contribution is -0.129. The first-order chi connectivity index (χ1) is 18.6. The molecular weight excluding hydrogens is 472 g/mol. The molecule has 0 aliphatic rings. The van der Waals surface area contributed by atoms with Crippen molar-refractivity contribution in [3.05, 3.63) is 144 Å². The monoisotopic (exact) mass is 508 g/mol. The summed E-state index contributed by atoms with van der Waals surface area (Å²) >= 11 is 0. The molecule has 0 saturated heterocycles. The van der Waals surface area contributed by atoms with Gasteiger partial charge in [-0.1, -0.05) is 147 Å². The quantitative estimate of drug-likeness (QED) is 0.145. The second-order valence-electron chi connectivity index (χ2n) is 8.60. The van der Waals surface area contributed by atoms with Gasteiger partial charge in [-0.15, -0.1) is 0 Å². The molecule has 196 valence electrons. The predicted molar refractivity (Wildman–Crippen MR) is 154 cm³/mol. The molecule has 0 unspecified atom stereocenters. The first-order valence-corrected chi connectivity index (χ1v) is 13.0. The maximum absolute atomic E-state index is 12.0. The normalized spacial score (nSPS) is 11.4. The lowest BCUT2D eigenvalue weighted by Gasteiger charge is -2.33. The standard InChI is InChI=1S/C27H21NO3.C6H15N/c29-26(30)25(21-13-5-1-6-14-21)28-31-27(22-15-7-2-8-16-22,23-17-9-3-10-18-23)24-19-11-4-12-20-24;1-4-7(5-2)6-3/h1-20H,(H,29,30);4-6H2,1-3H3/b28-25+;. The van der Waals surface area contributed by atoms with Gasteiger partial charge in [0.15, 0.2) is 5.71 Å². The Kier molecular flexibility index (Phi) is 10.8. The Morgan fingerprint density at radius 1 is 0.658 bits per heavy atom. The van der Waals surface area contributed by atoms with Crippen LogP contribution in [0.15, 0.2) is 126 Å². The van der Waals surface area contributed by atoms with E-state index < -0.39 is 11.6 Å². The average Bonchev–Trinajstić information content (AvgIpc) is 2.98. The second kappa shape index (κ2) is 14.5. The molecule has 4 aromatic rings. The van der Waals surface area contributed by atoms with E-state index in [1.165, 1.54) is 19.6 Å². The van der Waals surface area contributed by atoms with E-state index in [0.717, 1.165) is 16.7 Å². The predicted octanol–water partition coefficient (Wildman–Crippen LogP) is 6.83. The van der Waals surface area contributed by atoms with Gasteiger partial charge < -0.3 is 14.8 Å². The lowest BCUT2D eigenvalue weighted by Crippen LogP contribution is -2.32. The molecule has 0 spiro atoms. The highest BCUT2D eigenvalue weighted by atomic mass is 16.7. The SMILES string of the molecule is CCN(CC)CC.O=C(O)/C(=N/OC(c1ccccc1)(c1ccccc1)c1ccccc1)c1ccccc1. The number of hydrogen-bond acceptors (Lipinski definition) is 4. The zero-order valence-electron chi connectivity index (χ0n) is 22.3. The lowest BCUT2D eigenvalue weighted by atomic mass is 9.80. The third-order valence-corrected chi connectivity index (χ3v) is 6.41. The molecule has 0 aliphatic carbocycles. The van der Waals surface area contributed by atoms with E-state index in [1.54, 1.807) is 24.3 Å². The van der Waals surface area contributed by atoms with Crippen LogP contribution in [0.5, 0.6) is 0 Å². The van der Waals surface area contributed by atoms with Crippen molar-refractivity contribution in [2.75, 3.05) is 19.6 Å². The van der Waals surface area contributed by atoms with Crippen LogP contribution in [0.3, 0.4) is 0 Å². The van der Waals surface area contributed by atoms with Crippen LogP contribution in [-0.2, 0) is 15.2 Å². The minimum absolute atomic E-state index is 0.159. The molecule has 0 aliphatic heterocycles. The van der Waals surface area contributed by atoms with Crippen LogP contribution in [-0.4, -0.2) is 41.3 Å². The van der Waals surface area contributed by atoms with Crippen molar-refractivity contribution in [2.45, 2.75) is 26.4 Å². The Morgan fingerprint density at radius 3 is 1.29 bits per heavy atom. The molecule has 1 N–H and O–H groups in total. The number of benzene rings is 4. The Morgan fingerprint density at radius 2 is 1.00 bits per heavy atom. The van der Waals surface area contributed by atoms with Crippen molar-refractivity contribution in [2.24, 2.45) is 5.16 Å². The summed E-state index contributed by atoms with van der Waals surface area (Å²) in [7, 11) is 0. The Bertz CT molecular complexity index is 1150. The van der Waals surface area contributed by atoms with Gasteiger partial charge in [0.2, 0.25) is 5.60 Å². The van der Waals surface area contributed by atoms with Gasteiger partial charge in [-0.25, -0.2) is 4.79 Å². The number of carboxylic acids is 1. The molecule has 0 aromatic heterocycles. The fourth-order valence-electron chi connectivity index (χ4n) is 4.27. The molecule has 0 heterocycles. The van der Waals surface area contributed by atoms with Crippen LogP contribution in [0.1, 0.15) is 43.0 Å². The number of nitrogens with zero attached hydrogens (tertiary/aromatic N) is 2. The molecule has 0 saturated carbocycles. The molecule has 4 rings (SSSR count). The van der Waals surface area contributed by atoms with Crippen molar-refractivity contribution in [3.8, 4) is 0 Å². The number of oxime groups is 1. The van der Waals surface area contributed by atoms with Crippen LogP contribution in [0.25, 0.3) is 0 Å². The molecule has 0 atom stereocenters. The number of hydrogen-bond donors (Lipinski definition) is 1. The fourth-order valence-corrected chi connectivity index (χ4v) is 4.27. The Labute approximate surface area is 226 Å². The smallest absolute Gasteiger partial charge is 0.358 e. The second-order valence-corrected chi connectivity index (χ2v) is 8.60. The summed E-state index contributed by atoms with van der Waals surface area (Å²) in [6.45, 7) is 10.1. The summed E-state index contributed by atoms with van der Waals surface area (Å²) in [6, 6.07) is 37.9. The summed E-state index contributed by atoms with van der Waals surface area (Å²) in [5, 5.41) is 14.0. The average molecular weight is 509 g/mol. The van der Waals surface area contributed by atoms with Crippen LogP contribution in [0, 0.1) is 0 Å². The highest BCUT2D eigenvalue weighted by Crippen LogP contribution is 2.40. The van der Waals surface area contributed by atoms with Crippen molar-refractivity contribution < 1.29 is 14.7 Å². The summed E-state index contributed by atoms with van der Waals surface area (Å²) in [5.41, 5.74) is 1.71. The molecule has 0 fully saturated rings. The van der Waals surface area contributed by atoms with Crippen molar-refractivity contribution in [3.63, 3.8) is 0 Å². The van der Waals surface area contributed by atoms with E-state index in [2.05, 4.69) is 30.8 Å². The third-order valence-electron chi connectivity index (χ3n) is 6.41. The number of carboxylic acid groups (broad SMARTS) is 1. The molecule has 5 heteroatoms. The molecule has 4 aromatic carbocycles. The van der Waals surface area contributed by atoms with Gasteiger partial charge in [0.25, 0.3) is 0 Å². The van der Waals surface area contributed by atoms with Crippen molar-refractivity contribution >= 4 is 11.7 Å². The van der Waals surface area contributed by atoms with Gasteiger partial charge in [0.05, 0.1) is 0 Å². The van der Waals surface area contributed by atoms with Gasteiger partial charge in [0, 0.05) is 22.3 Å². The minimum Gasteiger partial charge on any atom is -0.476 e. The van der Waals surface area contributed by atoms with E-state index in [-0.39, 0.29) is 5.71 Å². The maximum Gasteiger partial charge on any atom is 0.358 e. The topological polar surface area (TPSA) is 62.1 Å². The van der Waals surface area contributed by atoms with Crippen molar-refractivity contribution in [1.82, 2.24) is 4.90 Å². The number of rotatable bonds is 10. The highest BCUT2D eigenvalue weighted by Gasteiger charge is 2.40. The molecule has 0 radical (unpaired) electrons.